The highest BCUT2D eigenvalue weighted by atomic mass is 19.4. The van der Waals surface area contributed by atoms with Gasteiger partial charge in [0.05, 0.1) is 18.2 Å². The SMILES string of the molecule is Cc1cc(C2CCN(C3CC(=O)N(CC(F)(F)F)C3=O)C2)on1. The number of halogens is 3. The van der Waals surface area contributed by atoms with E-state index in [0.717, 1.165) is 5.69 Å². The van der Waals surface area contributed by atoms with Gasteiger partial charge in [0.25, 0.3) is 0 Å². The van der Waals surface area contributed by atoms with Crippen molar-refractivity contribution in [2.75, 3.05) is 19.6 Å². The van der Waals surface area contributed by atoms with Crippen LogP contribution in [-0.4, -0.2) is 58.6 Å². The third kappa shape index (κ3) is 3.24. The van der Waals surface area contributed by atoms with Gasteiger partial charge < -0.3 is 4.52 Å². The Kier molecular flexibility index (Phi) is 3.91. The molecule has 0 spiro atoms. The van der Waals surface area contributed by atoms with Crippen molar-refractivity contribution in [3.8, 4) is 0 Å². The summed E-state index contributed by atoms with van der Waals surface area (Å²) in [5.74, 6) is -0.789. The van der Waals surface area contributed by atoms with Gasteiger partial charge in [-0.2, -0.15) is 13.2 Å². The van der Waals surface area contributed by atoms with Gasteiger partial charge in [0.2, 0.25) is 11.8 Å². The minimum atomic E-state index is -4.58. The largest absolute Gasteiger partial charge is 0.406 e. The zero-order valence-electron chi connectivity index (χ0n) is 12.5. The first-order valence-electron chi connectivity index (χ1n) is 7.33. The number of hydrogen-bond acceptors (Lipinski definition) is 5. The number of alkyl halides is 3. The van der Waals surface area contributed by atoms with Crippen molar-refractivity contribution in [3.05, 3.63) is 17.5 Å². The van der Waals surface area contributed by atoms with E-state index in [1.54, 1.807) is 11.8 Å². The van der Waals surface area contributed by atoms with Crippen LogP contribution in [0.4, 0.5) is 13.2 Å². The fourth-order valence-electron chi connectivity index (χ4n) is 3.17. The summed E-state index contributed by atoms with van der Waals surface area (Å²) < 4.78 is 42.6. The molecule has 126 valence electrons. The first kappa shape index (κ1) is 16.0. The van der Waals surface area contributed by atoms with Crippen LogP contribution in [0.3, 0.4) is 0 Å². The van der Waals surface area contributed by atoms with Gasteiger partial charge in [0, 0.05) is 18.5 Å². The first-order chi connectivity index (χ1) is 10.7. The highest BCUT2D eigenvalue weighted by Crippen LogP contribution is 2.32. The number of carbonyl (C=O) groups is 2. The summed E-state index contributed by atoms with van der Waals surface area (Å²) in [6.07, 6.45) is -4.06. The summed E-state index contributed by atoms with van der Waals surface area (Å²) in [6, 6.07) is 1.00. The number of aryl methyl sites for hydroxylation is 1. The normalized spacial score (nSPS) is 26.5. The molecule has 1 aromatic rings. The lowest BCUT2D eigenvalue weighted by Gasteiger charge is -2.22. The molecule has 2 aliphatic rings. The second-order valence-corrected chi connectivity index (χ2v) is 6.00. The van der Waals surface area contributed by atoms with Crippen LogP contribution in [0.5, 0.6) is 0 Å². The highest BCUT2D eigenvalue weighted by molar-refractivity contribution is 6.05. The molecule has 0 bridgehead atoms. The first-order valence-corrected chi connectivity index (χ1v) is 7.33. The van der Waals surface area contributed by atoms with Crippen LogP contribution in [0.15, 0.2) is 10.6 Å². The summed E-state index contributed by atoms with van der Waals surface area (Å²) in [5.41, 5.74) is 0.752. The molecule has 0 saturated carbocycles. The number of rotatable bonds is 3. The van der Waals surface area contributed by atoms with Gasteiger partial charge in [-0.1, -0.05) is 5.16 Å². The summed E-state index contributed by atoms with van der Waals surface area (Å²) in [6.45, 7) is 1.29. The summed E-state index contributed by atoms with van der Waals surface area (Å²) >= 11 is 0. The zero-order chi connectivity index (χ0) is 16.8. The Morgan fingerprint density at radius 1 is 1.39 bits per heavy atom. The molecule has 1 aromatic heterocycles. The van der Waals surface area contributed by atoms with Crippen molar-refractivity contribution in [2.24, 2.45) is 0 Å². The number of hydrogen-bond donors (Lipinski definition) is 0. The minimum Gasteiger partial charge on any atom is -0.361 e. The van der Waals surface area contributed by atoms with Crippen molar-refractivity contribution < 1.29 is 27.3 Å². The van der Waals surface area contributed by atoms with Crippen LogP contribution >= 0.6 is 0 Å². The number of carbonyl (C=O) groups excluding carboxylic acids is 2. The van der Waals surface area contributed by atoms with Gasteiger partial charge in [-0.25, -0.2) is 0 Å². The predicted molar refractivity (Wildman–Crippen MR) is 71.4 cm³/mol. The molecule has 3 rings (SSSR count). The lowest BCUT2D eigenvalue weighted by atomic mass is 10.1. The molecule has 2 aliphatic heterocycles. The van der Waals surface area contributed by atoms with Gasteiger partial charge in [-0.05, 0) is 19.9 Å². The molecule has 23 heavy (non-hydrogen) atoms. The van der Waals surface area contributed by atoms with Crippen LogP contribution in [0, 0.1) is 6.92 Å². The van der Waals surface area contributed by atoms with Crippen LogP contribution in [0.25, 0.3) is 0 Å². The Labute approximate surface area is 130 Å². The molecule has 3 heterocycles. The molecule has 2 amide bonds. The smallest absolute Gasteiger partial charge is 0.361 e. The maximum atomic E-state index is 12.5. The van der Waals surface area contributed by atoms with Gasteiger partial charge >= 0.3 is 6.18 Å². The lowest BCUT2D eigenvalue weighted by molar-refractivity contribution is -0.166. The maximum Gasteiger partial charge on any atom is 0.406 e. The van der Waals surface area contributed by atoms with E-state index in [-0.39, 0.29) is 12.3 Å². The number of imide groups is 1. The van der Waals surface area contributed by atoms with Crippen molar-refractivity contribution in [3.63, 3.8) is 0 Å². The maximum absolute atomic E-state index is 12.5. The molecule has 0 radical (unpaired) electrons. The van der Waals surface area contributed by atoms with E-state index < -0.39 is 30.6 Å². The Balaban J connectivity index is 1.67. The molecule has 2 saturated heterocycles. The van der Waals surface area contributed by atoms with Crippen molar-refractivity contribution in [2.45, 2.75) is 37.9 Å². The topological polar surface area (TPSA) is 66.7 Å². The van der Waals surface area contributed by atoms with Gasteiger partial charge in [0.1, 0.15) is 12.3 Å². The molecular weight excluding hydrogens is 315 g/mol. The molecule has 2 unspecified atom stereocenters. The minimum absolute atomic E-state index is 0.0377. The summed E-state index contributed by atoms with van der Waals surface area (Å²) in [5, 5.41) is 3.82. The standard InChI is InChI=1S/C14H16F3N3O3/c1-8-4-11(23-18-8)9-2-3-19(6-9)10-5-12(21)20(13(10)22)7-14(15,16)17/h4,9-10H,2-3,5-7H2,1H3. The molecule has 6 nitrogen and oxygen atoms in total. The van der Waals surface area contributed by atoms with Gasteiger partial charge in [-0.3, -0.25) is 19.4 Å². The Bertz CT molecular complexity index is 628. The zero-order valence-corrected chi connectivity index (χ0v) is 12.5. The molecule has 9 heteroatoms. The third-order valence-corrected chi connectivity index (χ3v) is 4.27. The average molecular weight is 331 g/mol. The lowest BCUT2D eigenvalue weighted by Crippen LogP contribution is -2.43. The number of aromatic nitrogens is 1. The van der Waals surface area contributed by atoms with Crippen LogP contribution in [0.1, 0.15) is 30.2 Å². The van der Waals surface area contributed by atoms with E-state index in [0.29, 0.717) is 30.2 Å². The quantitative estimate of drug-likeness (QED) is 0.785. The molecule has 0 N–H and O–H groups in total. The fourth-order valence-corrected chi connectivity index (χ4v) is 3.17. The van der Waals surface area contributed by atoms with E-state index in [4.69, 9.17) is 4.52 Å². The van der Waals surface area contributed by atoms with Crippen molar-refractivity contribution in [1.82, 2.24) is 15.0 Å². The van der Waals surface area contributed by atoms with E-state index in [9.17, 15) is 22.8 Å². The second-order valence-electron chi connectivity index (χ2n) is 6.00. The van der Waals surface area contributed by atoms with E-state index in [1.165, 1.54) is 0 Å². The Morgan fingerprint density at radius 3 is 2.74 bits per heavy atom. The van der Waals surface area contributed by atoms with Crippen molar-refractivity contribution >= 4 is 11.8 Å². The second kappa shape index (κ2) is 5.63. The van der Waals surface area contributed by atoms with Gasteiger partial charge in [-0.15, -0.1) is 0 Å². The third-order valence-electron chi connectivity index (χ3n) is 4.27. The van der Waals surface area contributed by atoms with Crippen LogP contribution in [-0.2, 0) is 9.59 Å². The average Bonchev–Trinajstić information content (AvgIpc) is 3.13. The molecular formula is C14H16F3N3O3. The van der Waals surface area contributed by atoms with Crippen LogP contribution in [0.2, 0.25) is 0 Å². The number of amides is 2. The number of nitrogens with zero attached hydrogens (tertiary/aromatic N) is 3. The van der Waals surface area contributed by atoms with E-state index >= 15 is 0 Å². The molecule has 2 fully saturated rings. The summed E-state index contributed by atoms with van der Waals surface area (Å²) in [7, 11) is 0. The van der Waals surface area contributed by atoms with Crippen LogP contribution < -0.4 is 0 Å². The molecule has 0 aliphatic carbocycles. The Morgan fingerprint density at radius 2 is 2.13 bits per heavy atom. The Hall–Kier alpha value is -1.90. The molecule has 2 atom stereocenters. The summed E-state index contributed by atoms with van der Waals surface area (Å²) in [4.78, 5) is 26.0. The predicted octanol–water partition coefficient (Wildman–Crippen LogP) is 1.46. The molecule has 0 aromatic carbocycles. The van der Waals surface area contributed by atoms with Gasteiger partial charge in [0.15, 0.2) is 0 Å². The van der Waals surface area contributed by atoms with E-state index in [2.05, 4.69) is 5.16 Å². The highest BCUT2D eigenvalue weighted by Gasteiger charge is 2.47. The number of likely N-dealkylation sites (tertiary alicyclic amines) is 2. The van der Waals surface area contributed by atoms with E-state index in [1.807, 2.05) is 6.07 Å². The van der Waals surface area contributed by atoms with Crippen molar-refractivity contribution in [1.29, 1.82) is 0 Å². The fraction of sp³-hybridized carbons (Fsp3) is 0.643. The monoisotopic (exact) mass is 331 g/mol.